The van der Waals surface area contributed by atoms with Crippen molar-refractivity contribution in [3.8, 4) is 0 Å². The number of amides is 1. The summed E-state index contributed by atoms with van der Waals surface area (Å²) in [6.45, 7) is 1.75. The molecule has 2 aromatic carbocycles. The molecule has 0 spiro atoms. The molecule has 0 aliphatic rings. The van der Waals surface area contributed by atoms with Gasteiger partial charge in [-0.15, -0.1) is 0 Å². The third-order valence-corrected chi connectivity index (χ3v) is 6.53. The van der Waals surface area contributed by atoms with Gasteiger partial charge in [0.1, 0.15) is 0 Å². The van der Waals surface area contributed by atoms with Gasteiger partial charge in [-0.2, -0.15) is 0 Å². The van der Waals surface area contributed by atoms with Crippen LogP contribution in [0.25, 0.3) is 10.9 Å². The number of rotatable bonds is 7. The topological polar surface area (TPSA) is 119 Å². The Kier molecular flexibility index (Phi) is 6.42. The molecule has 3 rings (SSSR count). The molecule has 1 aromatic heterocycles. The van der Waals surface area contributed by atoms with E-state index in [-0.39, 0.29) is 35.2 Å². The predicted molar refractivity (Wildman–Crippen MR) is 117 cm³/mol. The highest BCUT2D eigenvalue weighted by molar-refractivity contribution is 7.89. The van der Waals surface area contributed by atoms with Crippen LogP contribution >= 0.6 is 0 Å². The molecule has 0 bridgehead atoms. The van der Waals surface area contributed by atoms with E-state index in [4.69, 9.17) is 0 Å². The van der Waals surface area contributed by atoms with E-state index in [9.17, 15) is 22.8 Å². The summed E-state index contributed by atoms with van der Waals surface area (Å²) in [7, 11) is -1.11. The first kappa shape index (κ1) is 22.4. The molecule has 164 valence electrons. The molecule has 0 fully saturated rings. The molecule has 1 atom stereocenters. The summed E-state index contributed by atoms with van der Waals surface area (Å²) in [6, 6.07) is 13.2. The van der Waals surface area contributed by atoms with Gasteiger partial charge in [-0.3, -0.25) is 18.7 Å². The Morgan fingerprint density at radius 1 is 1.03 bits per heavy atom. The van der Waals surface area contributed by atoms with Gasteiger partial charge >= 0.3 is 5.69 Å². The van der Waals surface area contributed by atoms with Crippen LogP contribution in [0.4, 0.5) is 0 Å². The lowest BCUT2D eigenvalue weighted by Gasteiger charge is -2.14. The molecule has 1 heterocycles. The molecule has 0 aliphatic carbocycles. The maximum atomic E-state index is 12.6. The summed E-state index contributed by atoms with van der Waals surface area (Å²) in [6.07, 6.45) is -0.0414. The van der Waals surface area contributed by atoms with E-state index in [1.807, 2.05) is 37.3 Å². The quantitative estimate of drug-likeness (QED) is 0.558. The Morgan fingerprint density at radius 2 is 1.71 bits per heavy atom. The van der Waals surface area contributed by atoms with Crippen molar-refractivity contribution in [3.63, 3.8) is 0 Å². The zero-order chi connectivity index (χ0) is 22.8. The Balaban J connectivity index is 1.70. The predicted octanol–water partition coefficient (Wildman–Crippen LogP) is 0.783. The van der Waals surface area contributed by atoms with Gasteiger partial charge in [0, 0.05) is 27.1 Å². The van der Waals surface area contributed by atoms with Crippen LogP contribution in [-0.4, -0.2) is 30.0 Å². The molecular formula is C21H24N4O5S. The molecule has 1 amide bonds. The third kappa shape index (κ3) is 4.75. The fraction of sp³-hybridized carbons (Fsp3) is 0.286. The number of benzene rings is 2. The average molecular weight is 445 g/mol. The Hall–Kier alpha value is -3.24. The SMILES string of the molecule is C[C@@H](NC(=O)CCNS(=O)(=O)c1ccc2c(c1)c(=O)n(C)c(=O)n2C)c1ccccc1. The van der Waals surface area contributed by atoms with Crippen molar-refractivity contribution in [2.45, 2.75) is 24.3 Å². The lowest BCUT2D eigenvalue weighted by molar-refractivity contribution is -0.121. The molecule has 0 saturated carbocycles. The number of carbonyl (C=O) groups excluding carboxylic acids is 1. The number of hydrogen-bond donors (Lipinski definition) is 2. The molecule has 31 heavy (non-hydrogen) atoms. The fourth-order valence-electron chi connectivity index (χ4n) is 3.26. The first-order valence-corrected chi connectivity index (χ1v) is 11.1. The number of hydrogen-bond acceptors (Lipinski definition) is 5. The van der Waals surface area contributed by atoms with Crippen molar-refractivity contribution in [2.75, 3.05) is 6.54 Å². The molecule has 2 N–H and O–H groups in total. The van der Waals surface area contributed by atoms with Crippen molar-refractivity contribution in [1.82, 2.24) is 19.2 Å². The van der Waals surface area contributed by atoms with E-state index in [1.54, 1.807) is 0 Å². The van der Waals surface area contributed by atoms with E-state index in [1.165, 1.54) is 36.9 Å². The van der Waals surface area contributed by atoms with E-state index in [0.29, 0.717) is 5.52 Å². The van der Waals surface area contributed by atoms with Gasteiger partial charge in [0.15, 0.2) is 0 Å². The molecule has 0 radical (unpaired) electrons. The largest absolute Gasteiger partial charge is 0.350 e. The standard InChI is InChI=1S/C21H24N4O5S/c1-14(15-7-5-4-6-8-15)23-19(26)11-12-22-31(29,30)16-9-10-18-17(13-16)20(27)25(3)21(28)24(18)2/h4-10,13-14,22H,11-12H2,1-3H3,(H,23,26)/t14-/m1/s1. The number of nitrogens with one attached hydrogen (secondary N) is 2. The zero-order valence-corrected chi connectivity index (χ0v) is 18.3. The normalized spacial score (nSPS) is 12.6. The Bertz CT molecular complexity index is 1340. The minimum absolute atomic E-state index is 0.0414. The number of sulfonamides is 1. The first-order chi connectivity index (χ1) is 14.6. The molecule has 3 aromatic rings. The highest BCUT2D eigenvalue weighted by Gasteiger charge is 2.18. The van der Waals surface area contributed by atoms with E-state index < -0.39 is 21.3 Å². The van der Waals surface area contributed by atoms with Gasteiger partial charge in [0.25, 0.3) is 5.56 Å². The van der Waals surface area contributed by atoms with Gasteiger partial charge in [0.05, 0.1) is 21.8 Å². The smallest absolute Gasteiger partial charge is 0.330 e. The maximum absolute atomic E-state index is 12.6. The molecule has 0 unspecified atom stereocenters. The van der Waals surface area contributed by atoms with Crippen LogP contribution in [-0.2, 0) is 28.9 Å². The zero-order valence-electron chi connectivity index (χ0n) is 17.5. The summed E-state index contributed by atoms with van der Waals surface area (Å²) in [4.78, 5) is 36.4. The number of carbonyl (C=O) groups is 1. The first-order valence-electron chi connectivity index (χ1n) is 9.65. The molecule has 0 aliphatic heterocycles. The number of fused-ring (bicyclic) bond motifs is 1. The minimum Gasteiger partial charge on any atom is -0.350 e. The summed E-state index contributed by atoms with van der Waals surface area (Å²) in [5.41, 5.74) is 0.205. The summed E-state index contributed by atoms with van der Waals surface area (Å²) in [5.74, 6) is -0.290. The fourth-order valence-corrected chi connectivity index (χ4v) is 4.32. The maximum Gasteiger partial charge on any atom is 0.330 e. The van der Waals surface area contributed by atoms with E-state index in [0.717, 1.165) is 10.1 Å². The lowest BCUT2D eigenvalue weighted by atomic mass is 10.1. The average Bonchev–Trinajstić information content (AvgIpc) is 2.76. The molecular weight excluding hydrogens is 420 g/mol. The van der Waals surface area contributed by atoms with Crippen LogP contribution < -0.4 is 21.3 Å². The van der Waals surface area contributed by atoms with Gasteiger partial charge in [0.2, 0.25) is 15.9 Å². The highest BCUT2D eigenvalue weighted by atomic mass is 32.2. The second-order valence-corrected chi connectivity index (χ2v) is 9.00. The molecule has 0 saturated heterocycles. The Labute approximate surface area is 179 Å². The van der Waals surface area contributed by atoms with Crippen LogP contribution in [0.3, 0.4) is 0 Å². The van der Waals surface area contributed by atoms with Gasteiger partial charge in [-0.05, 0) is 30.7 Å². The van der Waals surface area contributed by atoms with Crippen LogP contribution in [0, 0.1) is 0 Å². The van der Waals surface area contributed by atoms with Crippen molar-refractivity contribution in [3.05, 3.63) is 74.9 Å². The van der Waals surface area contributed by atoms with E-state index >= 15 is 0 Å². The number of aryl methyl sites for hydroxylation is 1. The minimum atomic E-state index is -3.95. The van der Waals surface area contributed by atoms with Crippen molar-refractivity contribution < 1.29 is 13.2 Å². The van der Waals surface area contributed by atoms with Crippen molar-refractivity contribution in [1.29, 1.82) is 0 Å². The number of nitrogens with zero attached hydrogens (tertiary/aromatic N) is 2. The van der Waals surface area contributed by atoms with Crippen molar-refractivity contribution in [2.24, 2.45) is 14.1 Å². The lowest BCUT2D eigenvalue weighted by Crippen LogP contribution is -2.37. The van der Waals surface area contributed by atoms with E-state index in [2.05, 4.69) is 10.0 Å². The van der Waals surface area contributed by atoms with Crippen LogP contribution in [0.15, 0.2) is 63.0 Å². The van der Waals surface area contributed by atoms with Crippen LogP contribution in [0.1, 0.15) is 24.9 Å². The summed E-state index contributed by atoms with van der Waals surface area (Å²) >= 11 is 0. The Morgan fingerprint density at radius 3 is 2.39 bits per heavy atom. The number of aromatic nitrogens is 2. The highest BCUT2D eigenvalue weighted by Crippen LogP contribution is 2.15. The van der Waals surface area contributed by atoms with Crippen LogP contribution in [0.2, 0.25) is 0 Å². The molecule has 10 heteroatoms. The molecule has 9 nitrogen and oxygen atoms in total. The van der Waals surface area contributed by atoms with Gasteiger partial charge in [-0.1, -0.05) is 30.3 Å². The van der Waals surface area contributed by atoms with Crippen LogP contribution in [0.5, 0.6) is 0 Å². The second kappa shape index (κ2) is 8.86. The summed E-state index contributed by atoms with van der Waals surface area (Å²) < 4.78 is 29.8. The second-order valence-electron chi connectivity index (χ2n) is 7.23. The third-order valence-electron chi connectivity index (χ3n) is 5.07. The summed E-state index contributed by atoms with van der Waals surface area (Å²) in [5, 5.41) is 2.93. The van der Waals surface area contributed by atoms with Gasteiger partial charge < -0.3 is 5.32 Å². The van der Waals surface area contributed by atoms with Gasteiger partial charge in [-0.25, -0.2) is 17.9 Å². The van der Waals surface area contributed by atoms with Crippen molar-refractivity contribution >= 4 is 26.8 Å². The monoisotopic (exact) mass is 444 g/mol.